The summed E-state index contributed by atoms with van der Waals surface area (Å²) >= 11 is 0. The summed E-state index contributed by atoms with van der Waals surface area (Å²) < 4.78 is 5.32. The van der Waals surface area contributed by atoms with E-state index in [-0.39, 0.29) is 5.97 Å². The van der Waals surface area contributed by atoms with Crippen LogP contribution in [0, 0.1) is 0 Å². The van der Waals surface area contributed by atoms with Crippen LogP contribution in [0.2, 0.25) is 0 Å². The van der Waals surface area contributed by atoms with Crippen molar-refractivity contribution < 1.29 is 9.53 Å². The molecule has 0 N–H and O–H groups in total. The smallest absolute Gasteiger partial charge is 0.306 e. The van der Waals surface area contributed by atoms with Crippen molar-refractivity contribution in [3.05, 3.63) is 35.4 Å². The van der Waals surface area contributed by atoms with Crippen LogP contribution in [-0.4, -0.2) is 5.97 Å². The van der Waals surface area contributed by atoms with Gasteiger partial charge in [-0.15, -0.1) is 0 Å². The Morgan fingerprint density at radius 3 is 2.44 bits per heavy atom. The zero-order valence-corrected chi connectivity index (χ0v) is 11.6. The third kappa shape index (κ3) is 5.35. The van der Waals surface area contributed by atoms with Crippen LogP contribution in [0.3, 0.4) is 0 Å². The van der Waals surface area contributed by atoms with Crippen LogP contribution in [-0.2, 0) is 22.6 Å². The highest BCUT2D eigenvalue weighted by Crippen LogP contribution is 2.13. The second-order valence-electron chi connectivity index (χ2n) is 4.64. The van der Waals surface area contributed by atoms with Crippen LogP contribution in [0.4, 0.5) is 0 Å². The molecule has 0 radical (unpaired) electrons. The maximum Gasteiger partial charge on any atom is 0.306 e. The summed E-state index contributed by atoms with van der Waals surface area (Å²) in [6, 6.07) is 8.20. The Balaban J connectivity index is 2.40. The van der Waals surface area contributed by atoms with Gasteiger partial charge in [0.2, 0.25) is 0 Å². The maximum atomic E-state index is 11.5. The summed E-state index contributed by atoms with van der Waals surface area (Å²) in [7, 11) is 0. The SMILES string of the molecule is CCCCCC(=O)OCc1ccccc1CCC. The van der Waals surface area contributed by atoms with Gasteiger partial charge >= 0.3 is 5.97 Å². The predicted molar refractivity (Wildman–Crippen MR) is 74.4 cm³/mol. The fraction of sp³-hybridized carbons (Fsp3) is 0.562. The summed E-state index contributed by atoms with van der Waals surface area (Å²) in [5.41, 5.74) is 2.43. The first kappa shape index (κ1) is 14.7. The minimum atomic E-state index is -0.0743. The topological polar surface area (TPSA) is 26.3 Å². The Bertz CT molecular complexity index is 358. The Morgan fingerprint density at radius 2 is 1.78 bits per heavy atom. The van der Waals surface area contributed by atoms with E-state index in [9.17, 15) is 4.79 Å². The van der Waals surface area contributed by atoms with Crippen molar-refractivity contribution in [2.24, 2.45) is 0 Å². The van der Waals surface area contributed by atoms with E-state index in [1.165, 1.54) is 5.56 Å². The first-order valence-corrected chi connectivity index (χ1v) is 7.00. The lowest BCUT2D eigenvalue weighted by molar-refractivity contribution is -0.145. The molecular formula is C16H24O2. The molecule has 0 saturated heterocycles. The molecule has 0 spiro atoms. The Morgan fingerprint density at radius 1 is 1.06 bits per heavy atom. The average molecular weight is 248 g/mol. The standard InChI is InChI=1S/C16H24O2/c1-3-5-6-12-16(17)18-13-15-11-8-7-10-14(15)9-4-2/h7-8,10-11H,3-6,9,12-13H2,1-2H3. The van der Waals surface area contributed by atoms with E-state index in [0.717, 1.165) is 37.7 Å². The zero-order valence-electron chi connectivity index (χ0n) is 11.6. The second-order valence-corrected chi connectivity index (χ2v) is 4.64. The largest absolute Gasteiger partial charge is 0.461 e. The van der Waals surface area contributed by atoms with Crippen LogP contribution in [0.15, 0.2) is 24.3 Å². The zero-order chi connectivity index (χ0) is 13.2. The molecule has 0 bridgehead atoms. The molecule has 1 aromatic rings. The van der Waals surface area contributed by atoms with Crippen LogP contribution in [0.5, 0.6) is 0 Å². The normalized spacial score (nSPS) is 10.3. The van der Waals surface area contributed by atoms with E-state index >= 15 is 0 Å². The summed E-state index contributed by atoms with van der Waals surface area (Å²) in [4.78, 5) is 11.5. The lowest BCUT2D eigenvalue weighted by atomic mass is 10.0. The number of ether oxygens (including phenoxy) is 1. The molecule has 0 atom stereocenters. The van der Waals surface area contributed by atoms with Gasteiger partial charge in [-0.1, -0.05) is 57.4 Å². The van der Waals surface area contributed by atoms with E-state index in [0.29, 0.717) is 13.0 Å². The molecule has 0 amide bonds. The number of benzene rings is 1. The van der Waals surface area contributed by atoms with Crippen LogP contribution in [0.25, 0.3) is 0 Å². The van der Waals surface area contributed by atoms with E-state index in [1.54, 1.807) is 0 Å². The van der Waals surface area contributed by atoms with Gasteiger partial charge in [0.05, 0.1) is 0 Å². The molecule has 2 nitrogen and oxygen atoms in total. The molecule has 0 fully saturated rings. The number of hydrogen-bond acceptors (Lipinski definition) is 2. The van der Waals surface area contributed by atoms with Crippen molar-refractivity contribution in [1.29, 1.82) is 0 Å². The molecule has 0 aliphatic carbocycles. The van der Waals surface area contributed by atoms with Crippen molar-refractivity contribution in [2.45, 2.75) is 59.0 Å². The third-order valence-electron chi connectivity index (χ3n) is 3.01. The minimum absolute atomic E-state index is 0.0743. The molecule has 2 heteroatoms. The Kier molecular flexibility index (Phi) is 7.16. The van der Waals surface area contributed by atoms with Gasteiger partial charge in [-0.3, -0.25) is 4.79 Å². The average Bonchev–Trinajstić information content (AvgIpc) is 2.38. The van der Waals surface area contributed by atoms with E-state index in [4.69, 9.17) is 4.74 Å². The van der Waals surface area contributed by atoms with Crippen molar-refractivity contribution >= 4 is 5.97 Å². The molecule has 0 saturated carbocycles. The molecule has 100 valence electrons. The molecule has 1 aromatic carbocycles. The molecule has 0 aromatic heterocycles. The van der Waals surface area contributed by atoms with Crippen molar-refractivity contribution in [3.8, 4) is 0 Å². The Hall–Kier alpha value is -1.31. The fourth-order valence-corrected chi connectivity index (χ4v) is 1.96. The molecule has 0 unspecified atom stereocenters. The highest BCUT2D eigenvalue weighted by Gasteiger charge is 2.05. The number of carbonyl (C=O) groups excluding carboxylic acids is 1. The van der Waals surface area contributed by atoms with Crippen LogP contribution in [0.1, 0.15) is 57.1 Å². The Labute approximate surface area is 110 Å². The van der Waals surface area contributed by atoms with Gasteiger partial charge in [0.25, 0.3) is 0 Å². The summed E-state index contributed by atoms with van der Waals surface area (Å²) in [6.45, 7) is 4.71. The van der Waals surface area contributed by atoms with Gasteiger partial charge in [-0.2, -0.15) is 0 Å². The molecule has 0 aliphatic heterocycles. The first-order chi connectivity index (χ1) is 8.77. The number of hydrogen-bond donors (Lipinski definition) is 0. The van der Waals surface area contributed by atoms with Crippen molar-refractivity contribution in [3.63, 3.8) is 0 Å². The van der Waals surface area contributed by atoms with E-state index in [1.807, 2.05) is 18.2 Å². The number of unbranched alkanes of at least 4 members (excludes halogenated alkanes) is 2. The highest BCUT2D eigenvalue weighted by atomic mass is 16.5. The minimum Gasteiger partial charge on any atom is -0.461 e. The number of aryl methyl sites for hydroxylation is 1. The molecular weight excluding hydrogens is 224 g/mol. The van der Waals surface area contributed by atoms with E-state index < -0.39 is 0 Å². The van der Waals surface area contributed by atoms with Gasteiger partial charge < -0.3 is 4.74 Å². The quantitative estimate of drug-likeness (QED) is 0.507. The van der Waals surface area contributed by atoms with Gasteiger partial charge in [0.1, 0.15) is 6.61 Å². The fourth-order valence-electron chi connectivity index (χ4n) is 1.96. The number of carbonyl (C=O) groups is 1. The van der Waals surface area contributed by atoms with Crippen LogP contribution < -0.4 is 0 Å². The molecule has 0 aliphatic rings. The monoisotopic (exact) mass is 248 g/mol. The van der Waals surface area contributed by atoms with Gasteiger partial charge in [0, 0.05) is 6.42 Å². The maximum absolute atomic E-state index is 11.5. The lowest BCUT2D eigenvalue weighted by Gasteiger charge is -2.09. The van der Waals surface area contributed by atoms with Crippen molar-refractivity contribution in [2.75, 3.05) is 0 Å². The van der Waals surface area contributed by atoms with Gasteiger partial charge in [0.15, 0.2) is 0 Å². The second kappa shape index (κ2) is 8.73. The third-order valence-corrected chi connectivity index (χ3v) is 3.01. The van der Waals surface area contributed by atoms with Crippen LogP contribution >= 0.6 is 0 Å². The summed E-state index contributed by atoms with van der Waals surface area (Å²) in [6.07, 6.45) is 5.87. The number of rotatable bonds is 8. The highest BCUT2D eigenvalue weighted by molar-refractivity contribution is 5.69. The predicted octanol–water partition coefficient (Wildman–Crippen LogP) is 4.26. The summed E-state index contributed by atoms with van der Waals surface area (Å²) in [5, 5.41) is 0. The lowest BCUT2D eigenvalue weighted by Crippen LogP contribution is -2.06. The van der Waals surface area contributed by atoms with Crippen molar-refractivity contribution in [1.82, 2.24) is 0 Å². The van der Waals surface area contributed by atoms with Gasteiger partial charge in [-0.25, -0.2) is 0 Å². The van der Waals surface area contributed by atoms with E-state index in [2.05, 4.69) is 19.9 Å². The first-order valence-electron chi connectivity index (χ1n) is 7.00. The molecule has 1 rings (SSSR count). The summed E-state index contributed by atoms with van der Waals surface area (Å²) in [5.74, 6) is -0.0743. The molecule has 18 heavy (non-hydrogen) atoms. The number of esters is 1. The van der Waals surface area contributed by atoms with Gasteiger partial charge in [-0.05, 0) is 24.0 Å². The molecule has 0 heterocycles.